The second-order valence-electron chi connectivity index (χ2n) is 3.32. The van der Waals surface area contributed by atoms with Crippen molar-refractivity contribution >= 4 is 42.1 Å². The third-order valence-electron chi connectivity index (χ3n) is 2.12. The summed E-state index contributed by atoms with van der Waals surface area (Å²) in [6, 6.07) is -0.408. The van der Waals surface area contributed by atoms with E-state index in [1.807, 2.05) is 12.3 Å². The van der Waals surface area contributed by atoms with Gasteiger partial charge in [0.2, 0.25) is 5.91 Å². The standard InChI is InChI=1S/C10H17N3OS.2ClH/c1-3-8(11)10(14)12-5-7-6-15-9(4-2)13-7;;/h6,8H,3-5,11H2,1-2H3,(H,12,14);2*1H/t8-;;/m0../s1. The average molecular weight is 300 g/mol. The van der Waals surface area contributed by atoms with Crippen molar-refractivity contribution in [2.24, 2.45) is 5.73 Å². The van der Waals surface area contributed by atoms with Gasteiger partial charge in [0.15, 0.2) is 0 Å². The fraction of sp³-hybridized carbons (Fsp3) is 0.600. The number of aromatic nitrogens is 1. The van der Waals surface area contributed by atoms with Gasteiger partial charge in [-0.15, -0.1) is 36.2 Å². The lowest BCUT2D eigenvalue weighted by Gasteiger charge is -2.08. The highest BCUT2D eigenvalue weighted by atomic mass is 35.5. The van der Waals surface area contributed by atoms with Crippen molar-refractivity contribution in [1.82, 2.24) is 10.3 Å². The van der Waals surface area contributed by atoms with E-state index in [9.17, 15) is 4.79 Å². The summed E-state index contributed by atoms with van der Waals surface area (Å²) in [5.74, 6) is -0.108. The minimum absolute atomic E-state index is 0. The molecule has 17 heavy (non-hydrogen) atoms. The van der Waals surface area contributed by atoms with Gasteiger partial charge in [-0.25, -0.2) is 4.98 Å². The van der Waals surface area contributed by atoms with E-state index in [-0.39, 0.29) is 30.7 Å². The number of carbonyl (C=O) groups is 1. The van der Waals surface area contributed by atoms with Crippen molar-refractivity contribution in [3.63, 3.8) is 0 Å². The molecule has 0 saturated carbocycles. The Kier molecular flexibility index (Phi) is 10.8. The summed E-state index contributed by atoms with van der Waals surface area (Å²) in [5.41, 5.74) is 6.49. The highest BCUT2D eigenvalue weighted by Gasteiger charge is 2.10. The summed E-state index contributed by atoms with van der Waals surface area (Å²) in [6.07, 6.45) is 1.59. The molecule has 0 aromatic carbocycles. The third-order valence-corrected chi connectivity index (χ3v) is 3.16. The van der Waals surface area contributed by atoms with Gasteiger partial charge in [0, 0.05) is 5.38 Å². The highest BCUT2D eigenvalue weighted by molar-refractivity contribution is 7.09. The van der Waals surface area contributed by atoms with Crippen LogP contribution in [0.4, 0.5) is 0 Å². The molecule has 1 amide bonds. The maximum atomic E-state index is 11.4. The van der Waals surface area contributed by atoms with E-state index >= 15 is 0 Å². The van der Waals surface area contributed by atoms with Gasteiger partial charge in [-0.2, -0.15) is 0 Å². The van der Waals surface area contributed by atoms with E-state index in [2.05, 4.69) is 17.2 Å². The molecule has 1 atom stereocenters. The number of thiazole rings is 1. The van der Waals surface area contributed by atoms with Crippen LogP contribution < -0.4 is 11.1 Å². The number of hydrogen-bond donors (Lipinski definition) is 2. The topological polar surface area (TPSA) is 68.0 Å². The van der Waals surface area contributed by atoms with Crippen LogP contribution in [0.5, 0.6) is 0 Å². The highest BCUT2D eigenvalue weighted by Crippen LogP contribution is 2.09. The van der Waals surface area contributed by atoms with Gasteiger partial charge in [-0.1, -0.05) is 13.8 Å². The number of hydrogen-bond acceptors (Lipinski definition) is 4. The molecular formula is C10H19Cl2N3OS. The van der Waals surface area contributed by atoms with Crippen molar-refractivity contribution in [3.05, 3.63) is 16.1 Å². The lowest BCUT2D eigenvalue weighted by atomic mass is 10.2. The molecule has 3 N–H and O–H groups in total. The average Bonchev–Trinajstić information content (AvgIpc) is 2.72. The lowest BCUT2D eigenvalue weighted by Crippen LogP contribution is -2.39. The van der Waals surface area contributed by atoms with Gasteiger partial charge in [0.25, 0.3) is 0 Å². The minimum atomic E-state index is -0.408. The SMILES string of the molecule is CCc1nc(CNC(=O)[C@@H](N)CC)cs1.Cl.Cl. The summed E-state index contributed by atoms with van der Waals surface area (Å²) < 4.78 is 0. The molecule has 1 heterocycles. The fourth-order valence-corrected chi connectivity index (χ4v) is 1.83. The van der Waals surface area contributed by atoms with E-state index in [0.717, 1.165) is 17.1 Å². The first kappa shape index (κ1) is 19.0. The van der Waals surface area contributed by atoms with E-state index < -0.39 is 6.04 Å². The fourth-order valence-electron chi connectivity index (χ4n) is 1.09. The summed E-state index contributed by atoms with van der Waals surface area (Å²) in [5, 5.41) is 5.83. The smallest absolute Gasteiger partial charge is 0.237 e. The maximum absolute atomic E-state index is 11.4. The Morgan fingerprint density at radius 3 is 2.65 bits per heavy atom. The van der Waals surface area contributed by atoms with Crippen molar-refractivity contribution in [2.75, 3.05) is 0 Å². The maximum Gasteiger partial charge on any atom is 0.237 e. The van der Waals surface area contributed by atoms with Crippen LogP contribution in [0.25, 0.3) is 0 Å². The van der Waals surface area contributed by atoms with Gasteiger partial charge >= 0.3 is 0 Å². The van der Waals surface area contributed by atoms with E-state index in [0.29, 0.717) is 13.0 Å². The van der Waals surface area contributed by atoms with Crippen LogP contribution in [0.3, 0.4) is 0 Å². The Balaban J connectivity index is 0. The largest absolute Gasteiger partial charge is 0.349 e. The first-order chi connectivity index (χ1) is 7.17. The van der Waals surface area contributed by atoms with E-state index in [1.165, 1.54) is 0 Å². The Labute approximate surface area is 118 Å². The number of amides is 1. The molecule has 0 aliphatic rings. The molecular weight excluding hydrogens is 281 g/mol. The molecule has 7 heteroatoms. The molecule has 1 aromatic rings. The molecule has 4 nitrogen and oxygen atoms in total. The number of carbonyl (C=O) groups excluding carboxylic acids is 1. The zero-order valence-corrected chi connectivity index (χ0v) is 12.4. The van der Waals surface area contributed by atoms with Crippen molar-refractivity contribution in [3.8, 4) is 0 Å². The Morgan fingerprint density at radius 1 is 1.53 bits per heavy atom. The quantitative estimate of drug-likeness (QED) is 0.872. The normalized spacial score (nSPS) is 11.0. The van der Waals surface area contributed by atoms with E-state index in [1.54, 1.807) is 11.3 Å². The number of nitrogens with one attached hydrogen (secondary N) is 1. The molecule has 0 spiro atoms. The van der Waals surface area contributed by atoms with Crippen LogP contribution in [0.2, 0.25) is 0 Å². The molecule has 0 saturated heterocycles. The second-order valence-corrected chi connectivity index (χ2v) is 4.26. The zero-order valence-electron chi connectivity index (χ0n) is 9.93. The predicted molar refractivity (Wildman–Crippen MR) is 76.1 cm³/mol. The molecule has 100 valence electrons. The second kappa shape index (κ2) is 9.65. The van der Waals surface area contributed by atoms with Crippen LogP contribution in [-0.2, 0) is 17.8 Å². The number of nitrogens with zero attached hydrogens (tertiary/aromatic N) is 1. The number of aryl methyl sites for hydroxylation is 1. The van der Waals surface area contributed by atoms with Gasteiger partial charge in [-0.3, -0.25) is 4.79 Å². The van der Waals surface area contributed by atoms with Crippen molar-refractivity contribution < 1.29 is 4.79 Å². The number of halogens is 2. The molecule has 0 radical (unpaired) electrons. The van der Waals surface area contributed by atoms with Gasteiger partial charge < -0.3 is 11.1 Å². The minimum Gasteiger partial charge on any atom is -0.349 e. The van der Waals surface area contributed by atoms with Crippen LogP contribution in [0, 0.1) is 0 Å². The monoisotopic (exact) mass is 299 g/mol. The van der Waals surface area contributed by atoms with Crippen LogP contribution >= 0.6 is 36.2 Å². The summed E-state index contributed by atoms with van der Waals surface area (Å²) in [6.45, 7) is 4.43. The van der Waals surface area contributed by atoms with Crippen LogP contribution in [0.15, 0.2) is 5.38 Å². The number of rotatable bonds is 5. The molecule has 1 rings (SSSR count). The molecule has 0 fully saturated rings. The third kappa shape index (κ3) is 6.21. The Bertz CT molecular complexity index is 333. The van der Waals surface area contributed by atoms with Crippen molar-refractivity contribution in [2.45, 2.75) is 39.3 Å². The van der Waals surface area contributed by atoms with Gasteiger partial charge in [-0.05, 0) is 12.8 Å². The molecule has 0 aliphatic heterocycles. The first-order valence-corrected chi connectivity index (χ1v) is 6.01. The molecule has 1 aromatic heterocycles. The van der Waals surface area contributed by atoms with Crippen LogP contribution in [-0.4, -0.2) is 16.9 Å². The predicted octanol–water partition coefficient (Wildman–Crippen LogP) is 1.90. The lowest BCUT2D eigenvalue weighted by molar-refractivity contribution is -0.122. The molecule has 0 bridgehead atoms. The van der Waals surface area contributed by atoms with E-state index in [4.69, 9.17) is 5.73 Å². The Morgan fingerprint density at radius 2 is 2.18 bits per heavy atom. The first-order valence-electron chi connectivity index (χ1n) is 5.13. The number of nitrogens with two attached hydrogens (primary N) is 1. The van der Waals surface area contributed by atoms with Crippen LogP contribution in [0.1, 0.15) is 31.0 Å². The summed E-state index contributed by atoms with van der Waals surface area (Å²) in [7, 11) is 0. The molecule has 0 unspecified atom stereocenters. The Hall–Kier alpha value is -0.360. The van der Waals surface area contributed by atoms with Gasteiger partial charge in [0.1, 0.15) is 0 Å². The van der Waals surface area contributed by atoms with Gasteiger partial charge in [0.05, 0.1) is 23.3 Å². The zero-order chi connectivity index (χ0) is 11.3. The van der Waals surface area contributed by atoms with Crippen molar-refractivity contribution in [1.29, 1.82) is 0 Å². The summed E-state index contributed by atoms with van der Waals surface area (Å²) >= 11 is 1.62. The molecule has 0 aliphatic carbocycles. The summed E-state index contributed by atoms with van der Waals surface area (Å²) in [4.78, 5) is 15.7.